The summed E-state index contributed by atoms with van der Waals surface area (Å²) in [5.74, 6) is -1.31. The summed E-state index contributed by atoms with van der Waals surface area (Å²) in [6, 6.07) is 9.80. The summed E-state index contributed by atoms with van der Waals surface area (Å²) in [5.41, 5.74) is 1.13. The summed E-state index contributed by atoms with van der Waals surface area (Å²) in [6.07, 6.45) is 1.28. The number of carbonyl (C=O) groups excluding carboxylic acids is 1. The molecule has 0 saturated carbocycles. The van der Waals surface area contributed by atoms with Crippen LogP contribution in [-0.4, -0.2) is 21.4 Å². The highest BCUT2D eigenvalue weighted by Crippen LogP contribution is 2.24. The first kappa shape index (κ1) is 14.8. The molecule has 0 spiro atoms. The molecule has 1 aromatic carbocycles. The molecule has 2 atom stereocenters. The smallest absolute Gasteiger partial charge is 0.307 e. The Morgan fingerprint density at radius 1 is 1.28 bits per heavy atom. The van der Waals surface area contributed by atoms with Gasteiger partial charge in [-0.25, -0.2) is 0 Å². The minimum atomic E-state index is -0.827. The van der Waals surface area contributed by atoms with E-state index in [1.807, 2.05) is 30.3 Å². The normalized spacial score (nSPS) is 13.9. The molecule has 4 heteroatoms. The zero-order valence-electron chi connectivity index (χ0n) is 10.6. The lowest BCUT2D eigenvalue weighted by Gasteiger charge is -2.18. The minimum Gasteiger partial charge on any atom is -0.481 e. The highest BCUT2D eigenvalue weighted by molar-refractivity contribution is 8.14. The van der Waals surface area contributed by atoms with Crippen LogP contribution in [-0.2, 0) is 16.0 Å². The summed E-state index contributed by atoms with van der Waals surface area (Å²) < 4.78 is 0. The van der Waals surface area contributed by atoms with Gasteiger partial charge in [0.15, 0.2) is 5.12 Å². The standard InChI is InChI=1S/C14H18O3S/c1-10(18-11(2)15)13(14(16)17)9-8-12-6-4-3-5-7-12/h3-7,10,13H,8-9H2,1-2H3,(H,16,17)/t10-,13+/m1/s1. The third-order valence-corrected chi connectivity index (χ3v) is 3.85. The van der Waals surface area contributed by atoms with Crippen molar-refractivity contribution in [1.29, 1.82) is 0 Å². The van der Waals surface area contributed by atoms with Gasteiger partial charge in [-0.1, -0.05) is 49.0 Å². The van der Waals surface area contributed by atoms with E-state index in [1.165, 1.54) is 6.92 Å². The minimum absolute atomic E-state index is 0.0338. The largest absolute Gasteiger partial charge is 0.481 e. The number of aryl methyl sites for hydroxylation is 1. The van der Waals surface area contributed by atoms with Gasteiger partial charge in [-0.15, -0.1) is 0 Å². The average molecular weight is 266 g/mol. The number of hydrogen-bond donors (Lipinski definition) is 1. The molecule has 18 heavy (non-hydrogen) atoms. The Bertz CT molecular complexity index is 403. The number of rotatable bonds is 6. The molecule has 0 radical (unpaired) electrons. The molecule has 0 aliphatic carbocycles. The molecular formula is C14H18O3S. The summed E-state index contributed by atoms with van der Waals surface area (Å²) in [6.45, 7) is 3.27. The van der Waals surface area contributed by atoms with Crippen molar-refractivity contribution in [3.63, 3.8) is 0 Å². The maximum absolute atomic E-state index is 11.2. The number of thioether (sulfide) groups is 1. The van der Waals surface area contributed by atoms with Crippen molar-refractivity contribution in [3.05, 3.63) is 35.9 Å². The van der Waals surface area contributed by atoms with E-state index in [0.717, 1.165) is 23.7 Å². The summed E-state index contributed by atoms with van der Waals surface area (Å²) in [7, 11) is 0. The van der Waals surface area contributed by atoms with Crippen LogP contribution in [0.4, 0.5) is 0 Å². The monoisotopic (exact) mass is 266 g/mol. The summed E-state index contributed by atoms with van der Waals surface area (Å²) in [4.78, 5) is 22.2. The van der Waals surface area contributed by atoms with E-state index in [2.05, 4.69) is 0 Å². The molecule has 0 heterocycles. The van der Waals surface area contributed by atoms with Crippen LogP contribution in [0.5, 0.6) is 0 Å². The Kier molecular flexibility index (Phi) is 5.92. The molecule has 0 aliphatic heterocycles. The van der Waals surface area contributed by atoms with Crippen LogP contribution in [0.15, 0.2) is 30.3 Å². The number of carboxylic acid groups (broad SMARTS) is 1. The average Bonchev–Trinajstić information content (AvgIpc) is 2.29. The van der Waals surface area contributed by atoms with Crippen LogP contribution in [0.2, 0.25) is 0 Å². The van der Waals surface area contributed by atoms with Gasteiger partial charge in [0.25, 0.3) is 0 Å². The van der Waals surface area contributed by atoms with E-state index >= 15 is 0 Å². The lowest BCUT2D eigenvalue weighted by atomic mass is 9.97. The number of carbonyl (C=O) groups is 2. The first-order chi connectivity index (χ1) is 8.50. The molecule has 0 aromatic heterocycles. The molecule has 1 N–H and O–H groups in total. The molecular weight excluding hydrogens is 248 g/mol. The van der Waals surface area contributed by atoms with Crippen LogP contribution in [0.1, 0.15) is 25.8 Å². The molecule has 1 aromatic rings. The van der Waals surface area contributed by atoms with Gasteiger partial charge in [0, 0.05) is 12.2 Å². The van der Waals surface area contributed by atoms with Crippen molar-refractivity contribution >= 4 is 22.8 Å². The lowest BCUT2D eigenvalue weighted by molar-refractivity contribution is -0.141. The second-order valence-electron chi connectivity index (χ2n) is 4.28. The Hall–Kier alpha value is -1.29. The van der Waals surface area contributed by atoms with Gasteiger partial charge in [0.1, 0.15) is 0 Å². The Labute approximate surface area is 112 Å². The van der Waals surface area contributed by atoms with Crippen molar-refractivity contribution in [2.24, 2.45) is 5.92 Å². The van der Waals surface area contributed by atoms with E-state index < -0.39 is 11.9 Å². The zero-order valence-corrected chi connectivity index (χ0v) is 11.4. The van der Waals surface area contributed by atoms with Crippen LogP contribution in [0.3, 0.4) is 0 Å². The predicted octanol–water partition coefficient (Wildman–Crippen LogP) is 2.99. The first-order valence-corrected chi connectivity index (χ1v) is 6.82. The van der Waals surface area contributed by atoms with E-state index in [1.54, 1.807) is 6.92 Å². The van der Waals surface area contributed by atoms with Crippen molar-refractivity contribution in [2.75, 3.05) is 0 Å². The van der Waals surface area contributed by atoms with Crippen LogP contribution in [0, 0.1) is 5.92 Å². The Morgan fingerprint density at radius 3 is 2.39 bits per heavy atom. The summed E-state index contributed by atoms with van der Waals surface area (Å²) in [5, 5.41) is 8.99. The van der Waals surface area contributed by atoms with Gasteiger partial charge in [0.05, 0.1) is 5.92 Å². The van der Waals surface area contributed by atoms with Crippen molar-refractivity contribution in [1.82, 2.24) is 0 Å². The third kappa shape index (κ3) is 4.92. The van der Waals surface area contributed by atoms with Gasteiger partial charge in [-0.2, -0.15) is 0 Å². The number of hydrogen-bond acceptors (Lipinski definition) is 3. The van der Waals surface area contributed by atoms with Gasteiger partial charge in [0.2, 0.25) is 0 Å². The van der Waals surface area contributed by atoms with Crippen LogP contribution < -0.4 is 0 Å². The van der Waals surface area contributed by atoms with Crippen molar-refractivity contribution in [2.45, 2.75) is 31.9 Å². The molecule has 0 bridgehead atoms. The second kappa shape index (κ2) is 7.21. The highest BCUT2D eigenvalue weighted by atomic mass is 32.2. The molecule has 0 unspecified atom stereocenters. The second-order valence-corrected chi connectivity index (χ2v) is 5.84. The van der Waals surface area contributed by atoms with Gasteiger partial charge >= 0.3 is 5.97 Å². The quantitative estimate of drug-likeness (QED) is 0.860. The number of benzene rings is 1. The molecule has 1 rings (SSSR count). The fourth-order valence-corrected chi connectivity index (χ4v) is 2.81. The molecule has 3 nitrogen and oxygen atoms in total. The van der Waals surface area contributed by atoms with Crippen molar-refractivity contribution < 1.29 is 14.7 Å². The third-order valence-electron chi connectivity index (χ3n) is 2.82. The Balaban J connectivity index is 2.58. The van der Waals surface area contributed by atoms with E-state index in [4.69, 9.17) is 0 Å². The SMILES string of the molecule is CC(=O)S[C@H](C)[C@H](CCc1ccccc1)C(=O)O. The molecule has 0 amide bonds. The number of carboxylic acids is 1. The highest BCUT2D eigenvalue weighted by Gasteiger charge is 2.25. The van der Waals surface area contributed by atoms with Crippen molar-refractivity contribution in [3.8, 4) is 0 Å². The van der Waals surface area contributed by atoms with Crippen LogP contribution >= 0.6 is 11.8 Å². The zero-order chi connectivity index (χ0) is 13.5. The fourth-order valence-electron chi connectivity index (χ4n) is 1.87. The van der Waals surface area contributed by atoms with E-state index in [-0.39, 0.29) is 10.4 Å². The fraction of sp³-hybridized carbons (Fsp3) is 0.429. The molecule has 0 aliphatic rings. The Morgan fingerprint density at radius 2 is 1.89 bits per heavy atom. The number of aliphatic carboxylic acids is 1. The molecule has 0 fully saturated rings. The molecule has 98 valence electrons. The predicted molar refractivity (Wildman–Crippen MR) is 73.6 cm³/mol. The topological polar surface area (TPSA) is 54.4 Å². The maximum atomic E-state index is 11.2. The van der Waals surface area contributed by atoms with E-state index in [0.29, 0.717) is 6.42 Å². The maximum Gasteiger partial charge on any atom is 0.307 e. The van der Waals surface area contributed by atoms with E-state index in [9.17, 15) is 14.7 Å². The van der Waals surface area contributed by atoms with Gasteiger partial charge in [-0.05, 0) is 18.4 Å². The van der Waals surface area contributed by atoms with Gasteiger partial charge in [-0.3, -0.25) is 9.59 Å². The lowest BCUT2D eigenvalue weighted by Crippen LogP contribution is -2.25. The van der Waals surface area contributed by atoms with Gasteiger partial charge < -0.3 is 5.11 Å². The van der Waals surface area contributed by atoms with Crippen LogP contribution in [0.25, 0.3) is 0 Å². The molecule has 0 saturated heterocycles. The first-order valence-electron chi connectivity index (χ1n) is 5.94. The summed E-state index contributed by atoms with van der Waals surface area (Å²) >= 11 is 1.11.